The average molecular weight is 263 g/mol. The summed E-state index contributed by atoms with van der Waals surface area (Å²) < 4.78 is 0. The molecule has 0 aromatic heterocycles. The minimum atomic E-state index is 0.700. The second kappa shape index (κ2) is 7.20. The van der Waals surface area contributed by atoms with Gasteiger partial charge in [-0.2, -0.15) is 0 Å². The maximum atomic E-state index is 3.38. The minimum Gasteiger partial charge on any atom is -0.317 e. The molecule has 1 aromatic carbocycles. The fraction of sp³-hybridized carbons (Fsp3) is 0.625. The molecule has 0 amide bonds. The Morgan fingerprint density at radius 1 is 1.28 bits per heavy atom. The topological polar surface area (TPSA) is 12.0 Å². The molecule has 1 atom stereocenters. The third-order valence-corrected chi connectivity index (χ3v) is 5.02. The van der Waals surface area contributed by atoms with Crippen LogP contribution < -0.4 is 5.32 Å². The number of hydrogen-bond donors (Lipinski definition) is 1. The van der Waals surface area contributed by atoms with Gasteiger partial charge in [0.05, 0.1) is 0 Å². The molecule has 0 spiro atoms. The van der Waals surface area contributed by atoms with Crippen LogP contribution >= 0.6 is 11.8 Å². The molecule has 0 heterocycles. The molecule has 0 aliphatic heterocycles. The van der Waals surface area contributed by atoms with Crippen LogP contribution in [0.25, 0.3) is 0 Å². The highest BCUT2D eigenvalue weighted by Crippen LogP contribution is 2.28. The van der Waals surface area contributed by atoms with Crippen molar-refractivity contribution in [2.24, 2.45) is 0 Å². The van der Waals surface area contributed by atoms with Crippen LogP contribution in [0.4, 0.5) is 0 Å². The maximum absolute atomic E-state index is 3.38. The van der Waals surface area contributed by atoms with Crippen LogP contribution in [-0.2, 0) is 12.8 Å². The molecule has 0 fully saturated rings. The summed E-state index contributed by atoms with van der Waals surface area (Å²) in [5, 5.41) is 3.38. The highest BCUT2D eigenvalue weighted by atomic mass is 32.2. The number of aryl methyl sites for hydroxylation is 2. The quantitative estimate of drug-likeness (QED) is 0.588. The second-order valence-electron chi connectivity index (χ2n) is 5.17. The summed E-state index contributed by atoms with van der Waals surface area (Å²) in [6.07, 6.45) is 7.78. The molecule has 1 aliphatic carbocycles. The standard InChI is InChI=1S/C16H25NS/c1-3-15(17-2)8-5-11-18-16-10-9-13-6-4-7-14(13)12-16/h9-10,12,15,17H,3-8,11H2,1-2H3. The van der Waals surface area contributed by atoms with Crippen LogP contribution in [0.15, 0.2) is 23.1 Å². The van der Waals surface area contributed by atoms with E-state index >= 15 is 0 Å². The summed E-state index contributed by atoms with van der Waals surface area (Å²) in [5.74, 6) is 1.25. The lowest BCUT2D eigenvalue weighted by Gasteiger charge is -2.13. The van der Waals surface area contributed by atoms with E-state index in [4.69, 9.17) is 0 Å². The Kier molecular flexibility index (Phi) is 5.58. The van der Waals surface area contributed by atoms with Gasteiger partial charge in [-0.1, -0.05) is 13.0 Å². The van der Waals surface area contributed by atoms with Crippen LogP contribution in [0.1, 0.15) is 43.7 Å². The van der Waals surface area contributed by atoms with Crippen molar-refractivity contribution in [1.29, 1.82) is 0 Å². The number of rotatable bonds is 7. The summed E-state index contributed by atoms with van der Waals surface area (Å²) >= 11 is 2.02. The van der Waals surface area contributed by atoms with Crippen molar-refractivity contribution in [3.05, 3.63) is 29.3 Å². The van der Waals surface area contributed by atoms with Gasteiger partial charge in [-0.15, -0.1) is 11.8 Å². The normalized spacial score (nSPS) is 15.7. The SMILES string of the molecule is CCC(CCCSc1ccc2c(c1)CCC2)NC. The zero-order valence-corrected chi connectivity index (χ0v) is 12.5. The largest absolute Gasteiger partial charge is 0.317 e. The van der Waals surface area contributed by atoms with Gasteiger partial charge in [0.2, 0.25) is 0 Å². The van der Waals surface area contributed by atoms with Crippen molar-refractivity contribution >= 4 is 11.8 Å². The molecule has 18 heavy (non-hydrogen) atoms. The Hall–Kier alpha value is -0.470. The van der Waals surface area contributed by atoms with E-state index in [-0.39, 0.29) is 0 Å². The van der Waals surface area contributed by atoms with Gasteiger partial charge in [0.1, 0.15) is 0 Å². The first-order valence-corrected chi connectivity index (χ1v) is 8.24. The Bertz CT molecular complexity index is 371. The molecule has 1 aromatic rings. The van der Waals surface area contributed by atoms with Gasteiger partial charge in [0.15, 0.2) is 0 Å². The van der Waals surface area contributed by atoms with Gasteiger partial charge in [-0.3, -0.25) is 0 Å². The molecule has 100 valence electrons. The third-order valence-electron chi connectivity index (χ3n) is 3.94. The lowest BCUT2D eigenvalue weighted by molar-refractivity contribution is 0.504. The molecule has 2 heteroatoms. The number of hydrogen-bond acceptors (Lipinski definition) is 2. The predicted molar refractivity (Wildman–Crippen MR) is 81.6 cm³/mol. The number of fused-ring (bicyclic) bond motifs is 1. The molecule has 1 aliphatic rings. The number of nitrogens with one attached hydrogen (secondary N) is 1. The minimum absolute atomic E-state index is 0.700. The van der Waals surface area contributed by atoms with Crippen LogP contribution in [0.2, 0.25) is 0 Å². The summed E-state index contributed by atoms with van der Waals surface area (Å²) in [6, 6.07) is 7.77. The van der Waals surface area contributed by atoms with Gasteiger partial charge in [-0.25, -0.2) is 0 Å². The lowest BCUT2D eigenvalue weighted by Crippen LogP contribution is -2.23. The molecule has 0 radical (unpaired) electrons. The van der Waals surface area contributed by atoms with Crippen molar-refractivity contribution in [1.82, 2.24) is 5.32 Å². The number of benzene rings is 1. The van der Waals surface area contributed by atoms with Crippen molar-refractivity contribution in [2.75, 3.05) is 12.8 Å². The highest BCUT2D eigenvalue weighted by Gasteiger charge is 2.10. The van der Waals surface area contributed by atoms with Crippen molar-refractivity contribution < 1.29 is 0 Å². The lowest BCUT2D eigenvalue weighted by atomic mass is 10.1. The second-order valence-corrected chi connectivity index (χ2v) is 6.34. The van der Waals surface area contributed by atoms with E-state index in [1.165, 1.54) is 49.2 Å². The van der Waals surface area contributed by atoms with Crippen molar-refractivity contribution in [2.45, 2.75) is 56.4 Å². The average Bonchev–Trinajstić information content (AvgIpc) is 2.86. The monoisotopic (exact) mass is 263 g/mol. The molecule has 1 N–H and O–H groups in total. The first kappa shape index (κ1) is 14.0. The van der Waals surface area contributed by atoms with E-state index in [0.29, 0.717) is 6.04 Å². The smallest absolute Gasteiger partial charge is 0.00748 e. The van der Waals surface area contributed by atoms with Gasteiger partial charge < -0.3 is 5.32 Å². The van der Waals surface area contributed by atoms with E-state index in [1.54, 1.807) is 11.1 Å². The summed E-state index contributed by atoms with van der Waals surface area (Å²) in [6.45, 7) is 2.26. The van der Waals surface area contributed by atoms with Crippen LogP contribution in [-0.4, -0.2) is 18.8 Å². The Morgan fingerprint density at radius 3 is 2.89 bits per heavy atom. The zero-order valence-electron chi connectivity index (χ0n) is 11.7. The van der Waals surface area contributed by atoms with E-state index in [9.17, 15) is 0 Å². The third kappa shape index (κ3) is 3.76. The molecular formula is C16H25NS. The van der Waals surface area contributed by atoms with E-state index in [1.807, 2.05) is 11.8 Å². The van der Waals surface area contributed by atoms with E-state index < -0.39 is 0 Å². The molecule has 0 bridgehead atoms. The summed E-state index contributed by atoms with van der Waals surface area (Å²) in [4.78, 5) is 1.47. The van der Waals surface area contributed by atoms with Gasteiger partial charge in [0, 0.05) is 10.9 Å². The zero-order chi connectivity index (χ0) is 12.8. The Labute approximate surface area is 116 Å². The Morgan fingerprint density at radius 2 is 2.11 bits per heavy atom. The van der Waals surface area contributed by atoms with Gasteiger partial charge >= 0.3 is 0 Å². The molecule has 0 saturated heterocycles. The fourth-order valence-corrected chi connectivity index (χ4v) is 3.65. The van der Waals surface area contributed by atoms with Crippen LogP contribution in [0.3, 0.4) is 0 Å². The predicted octanol–water partition coefficient (Wildman–Crippen LogP) is 4.05. The molecular weight excluding hydrogens is 238 g/mol. The van der Waals surface area contributed by atoms with E-state index in [0.717, 1.165) is 0 Å². The van der Waals surface area contributed by atoms with Crippen molar-refractivity contribution in [3.63, 3.8) is 0 Å². The Balaban J connectivity index is 1.74. The van der Waals surface area contributed by atoms with Crippen LogP contribution in [0.5, 0.6) is 0 Å². The van der Waals surface area contributed by atoms with Crippen molar-refractivity contribution in [3.8, 4) is 0 Å². The van der Waals surface area contributed by atoms with Gasteiger partial charge in [-0.05, 0) is 74.6 Å². The molecule has 1 nitrogen and oxygen atoms in total. The van der Waals surface area contributed by atoms with Crippen LogP contribution in [0, 0.1) is 0 Å². The first-order valence-electron chi connectivity index (χ1n) is 7.25. The highest BCUT2D eigenvalue weighted by molar-refractivity contribution is 7.99. The molecule has 0 saturated carbocycles. The molecule has 1 unspecified atom stereocenters. The van der Waals surface area contributed by atoms with E-state index in [2.05, 4.69) is 37.5 Å². The van der Waals surface area contributed by atoms with Gasteiger partial charge in [0.25, 0.3) is 0 Å². The summed E-state index contributed by atoms with van der Waals surface area (Å²) in [5.41, 5.74) is 3.18. The first-order chi connectivity index (χ1) is 8.83. The summed E-state index contributed by atoms with van der Waals surface area (Å²) in [7, 11) is 2.07. The fourth-order valence-electron chi connectivity index (χ4n) is 2.71. The molecule has 2 rings (SSSR count). The maximum Gasteiger partial charge on any atom is 0.00748 e. The number of thioether (sulfide) groups is 1.